The number of urea groups is 1. The zero-order valence-electron chi connectivity index (χ0n) is 13.7. The number of hydrogen-bond acceptors (Lipinski definition) is 5. The van der Waals surface area contributed by atoms with Crippen LogP contribution in [0.25, 0.3) is 10.2 Å². The molecule has 1 N–H and O–H groups in total. The minimum Gasteiger partial charge on any atom is -0.486 e. The molecule has 3 aromatic rings. The third-order valence-corrected chi connectivity index (χ3v) is 4.87. The molecule has 0 bridgehead atoms. The highest BCUT2D eigenvalue weighted by Crippen LogP contribution is 2.32. The van der Waals surface area contributed by atoms with Crippen LogP contribution in [0.15, 0.2) is 42.5 Å². The zero-order valence-corrected chi connectivity index (χ0v) is 14.5. The molecule has 7 heteroatoms. The second-order valence-electron chi connectivity index (χ2n) is 5.72. The minimum absolute atomic E-state index is 0.198. The van der Waals surface area contributed by atoms with E-state index >= 15 is 0 Å². The summed E-state index contributed by atoms with van der Waals surface area (Å²) in [5, 5.41) is 3.78. The summed E-state index contributed by atoms with van der Waals surface area (Å²) >= 11 is 1.60. The SMILES string of the molecule is CN(Cc1nc2ccccc2s1)C(=O)Nc1ccc2c(c1)OCCO2. The van der Waals surface area contributed by atoms with Gasteiger partial charge in [-0.15, -0.1) is 11.3 Å². The number of anilines is 1. The van der Waals surface area contributed by atoms with Crippen molar-refractivity contribution in [2.45, 2.75) is 6.54 Å². The molecule has 0 fully saturated rings. The van der Waals surface area contributed by atoms with Crippen LogP contribution < -0.4 is 14.8 Å². The quantitative estimate of drug-likeness (QED) is 0.777. The summed E-state index contributed by atoms with van der Waals surface area (Å²) in [6, 6.07) is 13.1. The van der Waals surface area contributed by atoms with Crippen molar-refractivity contribution in [1.82, 2.24) is 9.88 Å². The first kappa shape index (κ1) is 15.7. The normalized spacial score (nSPS) is 12.8. The van der Waals surface area contributed by atoms with E-state index in [1.54, 1.807) is 41.5 Å². The van der Waals surface area contributed by atoms with Crippen LogP contribution in [-0.2, 0) is 6.54 Å². The number of rotatable bonds is 3. The summed E-state index contributed by atoms with van der Waals surface area (Å²) in [7, 11) is 1.75. The van der Waals surface area contributed by atoms with Gasteiger partial charge in [-0.05, 0) is 24.3 Å². The van der Waals surface area contributed by atoms with Gasteiger partial charge in [-0.25, -0.2) is 9.78 Å². The number of amides is 2. The van der Waals surface area contributed by atoms with E-state index in [9.17, 15) is 4.79 Å². The zero-order chi connectivity index (χ0) is 17.2. The van der Waals surface area contributed by atoms with Crippen molar-refractivity contribution < 1.29 is 14.3 Å². The number of thiazole rings is 1. The first-order valence-corrected chi connectivity index (χ1v) is 8.77. The topological polar surface area (TPSA) is 63.7 Å². The lowest BCUT2D eigenvalue weighted by molar-refractivity contribution is 0.171. The number of carbonyl (C=O) groups is 1. The van der Waals surface area contributed by atoms with Crippen LogP contribution >= 0.6 is 11.3 Å². The van der Waals surface area contributed by atoms with Gasteiger partial charge in [-0.2, -0.15) is 0 Å². The Morgan fingerprint density at radius 1 is 1.20 bits per heavy atom. The number of benzene rings is 2. The molecule has 0 aliphatic carbocycles. The molecule has 0 unspecified atom stereocenters. The van der Waals surface area contributed by atoms with E-state index in [0.717, 1.165) is 15.2 Å². The molecule has 0 saturated heterocycles. The molecule has 0 radical (unpaired) electrons. The predicted molar refractivity (Wildman–Crippen MR) is 97.5 cm³/mol. The lowest BCUT2D eigenvalue weighted by Crippen LogP contribution is -2.30. The van der Waals surface area contributed by atoms with Crippen LogP contribution in [0.1, 0.15) is 5.01 Å². The van der Waals surface area contributed by atoms with Gasteiger partial charge in [-0.1, -0.05) is 12.1 Å². The van der Waals surface area contributed by atoms with Gasteiger partial charge in [0.1, 0.15) is 18.2 Å². The first-order chi connectivity index (χ1) is 12.2. The van der Waals surface area contributed by atoms with Crippen molar-refractivity contribution in [1.29, 1.82) is 0 Å². The third kappa shape index (κ3) is 3.36. The van der Waals surface area contributed by atoms with E-state index in [1.807, 2.05) is 24.3 Å². The van der Waals surface area contributed by atoms with Gasteiger partial charge >= 0.3 is 6.03 Å². The molecule has 0 saturated carbocycles. The van der Waals surface area contributed by atoms with Gasteiger partial charge in [0.15, 0.2) is 11.5 Å². The second kappa shape index (κ2) is 6.60. The highest BCUT2D eigenvalue weighted by molar-refractivity contribution is 7.18. The van der Waals surface area contributed by atoms with E-state index in [4.69, 9.17) is 9.47 Å². The van der Waals surface area contributed by atoms with Gasteiger partial charge < -0.3 is 19.7 Å². The van der Waals surface area contributed by atoms with E-state index < -0.39 is 0 Å². The van der Waals surface area contributed by atoms with Crippen molar-refractivity contribution in [2.24, 2.45) is 0 Å². The number of aromatic nitrogens is 1. The van der Waals surface area contributed by atoms with Gasteiger partial charge in [-0.3, -0.25) is 0 Å². The number of nitrogens with zero attached hydrogens (tertiary/aromatic N) is 2. The second-order valence-corrected chi connectivity index (χ2v) is 6.84. The highest BCUT2D eigenvalue weighted by Gasteiger charge is 2.15. The highest BCUT2D eigenvalue weighted by atomic mass is 32.1. The number of hydrogen-bond donors (Lipinski definition) is 1. The molecule has 1 aliphatic rings. The molecule has 1 aliphatic heterocycles. The van der Waals surface area contributed by atoms with E-state index in [2.05, 4.69) is 10.3 Å². The average Bonchev–Trinajstić information content (AvgIpc) is 3.03. The molecule has 2 aromatic carbocycles. The fourth-order valence-corrected chi connectivity index (χ4v) is 3.62. The minimum atomic E-state index is -0.198. The van der Waals surface area contributed by atoms with Gasteiger partial charge in [0, 0.05) is 18.8 Å². The van der Waals surface area contributed by atoms with Crippen molar-refractivity contribution >= 4 is 33.3 Å². The fraction of sp³-hybridized carbons (Fsp3) is 0.222. The summed E-state index contributed by atoms with van der Waals surface area (Å²) in [5.74, 6) is 1.35. The maximum absolute atomic E-state index is 12.4. The van der Waals surface area contributed by atoms with E-state index in [0.29, 0.717) is 36.9 Å². The summed E-state index contributed by atoms with van der Waals surface area (Å²) in [4.78, 5) is 18.6. The molecular formula is C18H17N3O3S. The standard InChI is InChI=1S/C18H17N3O3S/c1-21(11-17-20-13-4-2-3-5-16(13)25-17)18(22)19-12-6-7-14-15(10-12)24-9-8-23-14/h2-7,10H,8-9,11H2,1H3,(H,19,22). The summed E-state index contributed by atoms with van der Waals surface area (Å²) < 4.78 is 12.1. The molecule has 4 rings (SSSR count). The average molecular weight is 355 g/mol. The van der Waals surface area contributed by atoms with Crippen molar-refractivity contribution in [3.63, 3.8) is 0 Å². The van der Waals surface area contributed by atoms with Crippen molar-refractivity contribution in [3.05, 3.63) is 47.5 Å². The van der Waals surface area contributed by atoms with Crippen LogP contribution in [-0.4, -0.2) is 36.2 Å². The van der Waals surface area contributed by atoms with Crippen LogP contribution in [0.4, 0.5) is 10.5 Å². The van der Waals surface area contributed by atoms with E-state index in [1.165, 1.54) is 0 Å². The molecule has 0 spiro atoms. The summed E-state index contributed by atoms with van der Waals surface area (Å²) in [6.07, 6.45) is 0. The molecule has 128 valence electrons. The first-order valence-electron chi connectivity index (χ1n) is 7.95. The third-order valence-electron chi connectivity index (χ3n) is 3.85. The largest absolute Gasteiger partial charge is 0.486 e. The molecule has 0 atom stereocenters. The van der Waals surface area contributed by atoms with Gasteiger partial charge in [0.25, 0.3) is 0 Å². The number of nitrogens with one attached hydrogen (secondary N) is 1. The van der Waals surface area contributed by atoms with Crippen LogP contribution in [0, 0.1) is 0 Å². The summed E-state index contributed by atoms with van der Waals surface area (Å²) in [6.45, 7) is 1.52. The molecule has 1 aromatic heterocycles. The number of carbonyl (C=O) groups excluding carboxylic acids is 1. The Morgan fingerprint density at radius 2 is 2.00 bits per heavy atom. The Hall–Kier alpha value is -2.80. The molecule has 6 nitrogen and oxygen atoms in total. The predicted octanol–water partition coefficient (Wildman–Crippen LogP) is 3.73. The lowest BCUT2D eigenvalue weighted by atomic mass is 10.2. The molecule has 2 heterocycles. The smallest absolute Gasteiger partial charge is 0.321 e. The molecule has 25 heavy (non-hydrogen) atoms. The maximum Gasteiger partial charge on any atom is 0.321 e. The monoisotopic (exact) mass is 355 g/mol. The maximum atomic E-state index is 12.4. The molecular weight excluding hydrogens is 338 g/mol. The Balaban J connectivity index is 1.43. The number of fused-ring (bicyclic) bond motifs is 2. The number of para-hydroxylation sites is 1. The van der Waals surface area contributed by atoms with Crippen molar-refractivity contribution in [2.75, 3.05) is 25.6 Å². The lowest BCUT2D eigenvalue weighted by Gasteiger charge is -2.20. The Labute approximate surface area is 149 Å². The van der Waals surface area contributed by atoms with E-state index in [-0.39, 0.29) is 6.03 Å². The molecule has 2 amide bonds. The number of ether oxygens (including phenoxy) is 2. The van der Waals surface area contributed by atoms with Gasteiger partial charge in [0.2, 0.25) is 0 Å². The van der Waals surface area contributed by atoms with Crippen LogP contribution in [0.5, 0.6) is 11.5 Å². The van der Waals surface area contributed by atoms with Crippen LogP contribution in [0.2, 0.25) is 0 Å². The van der Waals surface area contributed by atoms with Crippen LogP contribution in [0.3, 0.4) is 0 Å². The summed E-state index contributed by atoms with van der Waals surface area (Å²) in [5.41, 5.74) is 1.63. The Bertz CT molecular complexity index is 892. The van der Waals surface area contributed by atoms with Gasteiger partial charge in [0.05, 0.1) is 16.8 Å². The Morgan fingerprint density at radius 3 is 2.84 bits per heavy atom. The Kier molecular flexibility index (Phi) is 4.15. The van der Waals surface area contributed by atoms with Crippen molar-refractivity contribution in [3.8, 4) is 11.5 Å². The fourth-order valence-electron chi connectivity index (χ4n) is 2.60.